The topological polar surface area (TPSA) is 76.1 Å². The van der Waals surface area contributed by atoms with E-state index >= 15 is 0 Å². The summed E-state index contributed by atoms with van der Waals surface area (Å²) >= 11 is 0. The number of aromatic nitrogens is 4. The van der Waals surface area contributed by atoms with Crippen LogP contribution in [-0.2, 0) is 13.0 Å². The van der Waals surface area contributed by atoms with Crippen LogP contribution in [-0.4, -0.2) is 40.9 Å². The number of pyridine rings is 1. The minimum atomic E-state index is 0.490. The highest BCUT2D eigenvalue weighted by Gasteiger charge is 2.07. The Morgan fingerprint density at radius 1 is 1.12 bits per heavy atom. The monoisotopic (exact) mass is 350 g/mol. The predicted molar refractivity (Wildman–Crippen MR) is 101 cm³/mol. The van der Waals surface area contributed by atoms with Crippen molar-refractivity contribution < 1.29 is 4.74 Å². The van der Waals surface area contributed by atoms with Crippen molar-refractivity contribution in [3.63, 3.8) is 0 Å². The van der Waals surface area contributed by atoms with Gasteiger partial charge >= 0.3 is 0 Å². The molecular weight excluding hydrogens is 328 g/mol. The van der Waals surface area contributed by atoms with Crippen molar-refractivity contribution in [3.05, 3.63) is 66.1 Å². The summed E-state index contributed by atoms with van der Waals surface area (Å²) in [6.45, 7) is 1.39. The summed E-state index contributed by atoms with van der Waals surface area (Å²) in [5, 5.41) is 11.3. The van der Waals surface area contributed by atoms with E-state index in [1.807, 2.05) is 55.8 Å². The van der Waals surface area contributed by atoms with Gasteiger partial charge in [0.05, 0.1) is 13.3 Å². The summed E-state index contributed by atoms with van der Waals surface area (Å²) < 4.78 is 5.36. The molecule has 0 atom stereocenters. The number of likely N-dealkylation sites (N-methyl/N-ethyl adjacent to an activating group) is 1. The number of methoxy groups -OCH3 is 1. The standard InChI is InChI=1S/C19H22N6O/c1-25(12-9-15-7-10-20-11-8-15)18-14-22-24-19(23-18)21-13-16-5-3-4-6-17(16)26-2/h3-8,10-11,14H,9,12-13H2,1-2H3,(H,21,23,24). The zero-order valence-corrected chi connectivity index (χ0v) is 15.0. The fourth-order valence-electron chi connectivity index (χ4n) is 2.54. The molecule has 0 spiro atoms. The van der Waals surface area contributed by atoms with Crippen LogP contribution in [0.2, 0.25) is 0 Å². The second-order valence-corrected chi connectivity index (χ2v) is 5.83. The third kappa shape index (κ3) is 4.66. The van der Waals surface area contributed by atoms with Crippen LogP contribution < -0.4 is 15.0 Å². The Bertz CT molecular complexity index is 827. The molecule has 0 aliphatic carbocycles. The van der Waals surface area contributed by atoms with E-state index in [-0.39, 0.29) is 0 Å². The number of hydrogen-bond donors (Lipinski definition) is 1. The summed E-state index contributed by atoms with van der Waals surface area (Å²) in [4.78, 5) is 10.6. The first-order valence-corrected chi connectivity index (χ1v) is 8.42. The molecule has 0 unspecified atom stereocenters. The van der Waals surface area contributed by atoms with Crippen molar-refractivity contribution in [2.24, 2.45) is 0 Å². The summed E-state index contributed by atoms with van der Waals surface area (Å²) in [5.74, 6) is 2.10. The van der Waals surface area contributed by atoms with E-state index in [2.05, 4.69) is 30.4 Å². The van der Waals surface area contributed by atoms with Gasteiger partial charge in [0.15, 0.2) is 5.82 Å². The fraction of sp³-hybridized carbons (Fsp3) is 0.263. The number of anilines is 2. The molecule has 7 heteroatoms. The Kier molecular flexibility index (Phi) is 5.92. The van der Waals surface area contributed by atoms with Crippen LogP contribution in [0.1, 0.15) is 11.1 Å². The highest BCUT2D eigenvalue weighted by Crippen LogP contribution is 2.18. The second-order valence-electron chi connectivity index (χ2n) is 5.83. The maximum atomic E-state index is 5.36. The number of nitrogens with one attached hydrogen (secondary N) is 1. The minimum Gasteiger partial charge on any atom is -0.496 e. The fourth-order valence-corrected chi connectivity index (χ4v) is 2.54. The normalized spacial score (nSPS) is 10.4. The van der Waals surface area contributed by atoms with Gasteiger partial charge in [0.2, 0.25) is 5.95 Å². The number of hydrogen-bond acceptors (Lipinski definition) is 7. The number of para-hydroxylation sites is 1. The number of ether oxygens (including phenoxy) is 1. The van der Waals surface area contributed by atoms with Gasteiger partial charge in [-0.05, 0) is 30.2 Å². The van der Waals surface area contributed by atoms with Gasteiger partial charge in [0.25, 0.3) is 0 Å². The molecule has 0 bridgehead atoms. The van der Waals surface area contributed by atoms with Crippen LogP contribution >= 0.6 is 0 Å². The third-order valence-corrected chi connectivity index (χ3v) is 4.05. The highest BCUT2D eigenvalue weighted by atomic mass is 16.5. The summed E-state index contributed by atoms with van der Waals surface area (Å²) in [5.41, 5.74) is 2.28. The molecule has 7 nitrogen and oxygen atoms in total. The second kappa shape index (κ2) is 8.75. The van der Waals surface area contributed by atoms with Crippen LogP contribution in [0.3, 0.4) is 0 Å². The summed E-state index contributed by atoms with van der Waals surface area (Å²) in [6, 6.07) is 11.9. The van der Waals surface area contributed by atoms with Crippen molar-refractivity contribution in [2.75, 3.05) is 30.9 Å². The summed E-state index contributed by atoms with van der Waals surface area (Å²) in [7, 11) is 3.66. The van der Waals surface area contributed by atoms with E-state index in [0.717, 1.165) is 30.1 Å². The van der Waals surface area contributed by atoms with Crippen LogP contribution in [0.25, 0.3) is 0 Å². The SMILES string of the molecule is COc1ccccc1CNc1nncc(N(C)CCc2ccncc2)n1. The maximum absolute atomic E-state index is 5.36. The van der Waals surface area contributed by atoms with E-state index in [0.29, 0.717) is 12.5 Å². The first kappa shape index (κ1) is 17.6. The lowest BCUT2D eigenvalue weighted by atomic mass is 10.2. The average Bonchev–Trinajstić information content (AvgIpc) is 2.71. The van der Waals surface area contributed by atoms with Gasteiger partial charge in [-0.2, -0.15) is 10.1 Å². The Balaban J connectivity index is 1.60. The molecule has 0 saturated carbocycles. The lowest BCUT2D eigenvalue weighted by Crippen LogP contribution is -2.22. The minimum absolute atomic E-state index is 0.490. The Morgan fingerprint density at radius 3 is 2.73 bits per heavy atom. The van der Waals surface area contributed by atoms with Gasteiger partial charge in [-0.3, -0.25) is 4.98 Å². The van der Waals surface area contributed by atoms with Crippen LogP contribution in [0, 0.1) is 0 Å². The van der Waals surface area contributed by atoms with E-state index < -0.39 is 0 Å². The molecule has 0 radical (unpaired) electrons. The Labute approximate surface area is 153 Å². The summed E-state index contributed by atoms with van der Waals surface area (Å²) in [6.07, 6.45) is 6.19. The zero-order chi connectivity index (χ0) is 18.2. The van der Waals surface area contributed by atoms with Crippen molar-refractivity contribution in [2.45, 2.75) is 13.0 Å². The molecule has 1 N–H and O–H groups in total. The van der Waals surface area contributed by atoms with Gasteiger partial charge in [-0.25, -0.2) is 0 Å². The van der Waals surface area contributed by atoms with Crippen LogP contribution in [0.15, 0.2) is 55.0 Å². The first-order valence-electron chi connectivity index (χ1n) is 8.42. The van der Waals surface area contributed by atoms with E-state index in [1.165, 1.54) is 5.56 Å². The zero-order valence-electron chi connectivity index (χ0n) is 15.0. The van der Waals surface area contributed by atoms with Crippen molar-refractivity contribution in [3.8, 4) is 5.75 Å². The van der Waals surface area contributed by atoms with Crippen molar-refractivity contribution in [1.82, 2.24) is 20.2 Å². The van der Waals surface area contributed by atoms with Crippen molar-refractivity contribution >= 4 is 11.8 Å². The molecule has 134 valence electrons. The van der Waals surface area contributed by atoms with Gasteiger partial charge < -0.3 is 15.0 Å². The highest BCUT2D eigenvalue weighted by molar-refractivity contribution is 5.41. The quantitative estimate of drug-likeness (QED) is 0.669. The first-order chi connectivity index (χ1) is 12.8. The van der Waals surface area contributed by atoms with Gasteiger partial charge in [-0.1, -0.05) is 18.2 Å². The molecule has 26 heavy (non-hydrogen) atoms. The van der Waals surface area contributed by atoms with Crippen LogP contribution in [0.5, 0.6) is 5.75 Å². The van der Waals surface area contributed by atoms with Gasteiger partial charge in [-0.15, -0.1) is 5.10 Å². The largest absolute Gasteiger partial charge is 0.496 e. The Hall–Kier alpha value is -3.22. The molecule has 0 aliphatic rings. The molecule has 0 fully saturated rings. The predicted octanol–water partition coefficient (Wildman–Crippen LogP) is 2.57. The molecular formula is C19H22N6O. The average molecular weight is 350 g/mol. The van der Waals surface area contributed by atoms with Crippen LogP contribution in [0.4, 0.5) is 11.8 Å². The lowest BCUT2D eigenvalue weighted by Gasteiger charge is -2.18. The van der Waals surface area contributed by atoms with Gasteiger partial charge in [0.1, 0.15) is 5.75 Å². The smallest absolute Gasteiger partial charge is 0.244 e. The maximum Gasteiger partial charge on any atom is 0.244 e. The molecule has 2 heterocycles. The number of rotatable bonds is 8. The molecule has 0 aliphatic heterocycles. The molecule has 2 aromatic heterocycles. The Morgan fingerprint density at radius 2 is 1.92 bits per heavy atom. The molecule has 0 saturated heterocycles. The molecule has 3 aromatic rings. The van der Waals surface area contributed by atoms with Gasteiger partial charge in [0, 0.05) is 38.1 Å². The third-order valence-electron chi connectivity index (χ3n) is 4.05. The van der Waals surface area contributed by atoms with E-state index in [9.17, 15) is 0 Å². The number of nitrogens with zero attached hydrogens (tertiary/aromatic N) is 5. The molecule has 3 rings (SSSR count). The van der Waals surface area contributed by atoms with Crippen molar-refractivity contribution in [1.29, 1.82) is 0 Å². The molecule has 0 amide bonds. The van der Waals surface area contributed by atoms with E-state index in [1.54, 1.807) is 13.3 Å². The lowest BCUT2D eigenvalue weighted by molar-refractivity contribution is 0.410. The van der Waals surface area contributed by atoms with E-state index in [4.69, 9.17) is 4.74 Å². The number of benzene rings is 1. The molecule has 1 aromatic carbocycles.